The molecular weight excluding hydrogens is 346 g/mol. The summed E-state index contributed by atoms with van der Waals surface area (Å²) in [5.41, 5.74) is 2.76. The van der Waals surface area contributed by atoms with Crippen molar-refractivity contribution in [1.29, 1.82) is 0 Å². The molecule has 0 aliphatic heterocycles. The SMILES string of the molecule is CCCNC(=O)c1cccc(CNC(=NC)NCc2sc(C)nc2C)c1. The van der Waals surface area contributed by atoms with Crippen molar-refractivity contribution < 1.29 is 4.79 Å². The number of carbonyl (C=O) groups is 1. The number of guanidine groups is 1. The fourth-order valence-electron chi connectivity index (χ4n) is 2.47. The number of hydrogen-bond acceptors (Lipinski definition) is 4. The lowest BCUT2D eigenvalue weighted by Crippen LogP contribution is -2.36. The van der Waals surface area contributed by atoms with Gasteiger partial charge in [-0.3, -0.25) is 9.79 Å². The Balaban J connectivity index is 1.90. The summed E-state index contributed by atoms with van der Waals surface area (Å²) in [5, 5.41) is 10.6. The number of amides is 1. The molecule has 1 heterocycles. The van der Waals surface area contributed by atoms with Crippen molar-refractivity contribution in [2.75, 3.05) is 13.6 Å². The lowest BCUT2D eigenvalue weighted by molar-refractivity contribution is 0.0953. The van der Waals surface area contributed by atoms with E-state index in [0.29, 0.717) is 25.2 Å². The van der Waals surface area contributed by atoms with Gasteiger partial charge < -0.3 is 16.0 Å². The third-order valence-electron chi connectivity index (χ3n) is 3.82. The summed E-state index contributed by atoms with van der Waals surface area (Å²) in [7, 11) is 1.74. The van der Waals surface area contributed by atoms with Crippen LogP contribution >= 0.6 is 11.3 Å². The summed E-state index contributed by atoms with van der Waals surface area (Å²) in [6, 6.07) is 7.63. The van der Waals surface area contributed by atoms with Gasteiger partial charge in [0.15, 0.2) is 5.96 Å². The van der Waals surface area contributed by atoms with E-state index in [4.69, 9.17) is 0 Å². The molecule has 0 radical (unpaired) electrons. The van der Waals surface area contributed by atoms with Gasteiger partial charge in [0.1, 0.15) is 0 Å². The standard InChI is InChI=1S/C19H27N5OS/c1-5-9-21-18(25)16-8-6-7-15(10-16)11-22-19(20-4)23-12-17-13(2)24-14(3)26-17/h6-8,10H,5,9,11-12H2,1-4H3,(H,21,25)(H2,20,22,23). The highest BCUT2D eigenvalue weighted by molar-refractivity contribution is 7.11. The third-order valence-corrected chi connectivity index (χ3v) is 4.90. The number of nitrogens with one attached hydrogen (secondary N) is 3. The highest BCUT2D eigenvalue weighted by Gasteiger charge is 2.07. The van der Waals surface area contributed by atoms with Crippen LogP contribution in [0.3, 0.4) is 0 Å². The second-order valence-electron chi connectivity index (χ2n) is 5.98. The zero-order valence-corrected chi connectivity index (χ0v) is 16.7. The molecule has 6 nitrogen and oxygen atoms in total. The van der Waals surface area contributed by atoms with E-state index in [1.807, 2.05) is 45.0 Å². The van der Waals surface area contributed by atoms with Gasteiger partial charge in [-0.2, -0.15) is 0 Å². The summed E-state index contributed by atoms with van der Waals surface area (Å²) in [6.45, 7) is 8.04. The van der Waals surface area contributed by atoms with E-state index in [2.05, 4.69) is 25.9 Å². The second-order valence-corrected chi connectivity index (χ2v) is 7.26. The van der Waals surface area contributed by atoms with Crippen molar-refractivity contribution in [1.82, 2.24) is 20.9 Å². The van der Waals surface area contributed by atoms with Crippen LogP contribution in [-0.4, -0.2) is 30.4 Å². The minimum Gasteiger partial charge on any atom is -0.352 e. The molecule has 2 aromatic rings. The second kappa shape index (κ2) is 9.91. The Hall–Kier alpha value is -2.41. The summed E-state index contributed by atoms with van der Waals surface area (Å²) < 4.78 is 0. The molecule has 0 saturated heterocycles. The summed E-state index contributed by atoms with van der Waals surface area (Å²) >= 11 is 1.69. The molecule has 0 saturated carbocycles. The van der Waals surface area contributed by atoms with E-state index in [1.165, 1.54) is 4.88 Å². The van der Waals surface area contributed by atoms with Crippen LogP contribution in [0.1, 0.15) is 44.8 Å². The van der Waals surface area contributed by atoms with Crippen LogP contribution in [0.4, 0.5) is 0 Å². The minimum atomic E-state index is -0.0350. The molecule has 0 bridgehead atoms. The van der Waals surface area contributed by atoms with Crippen LogP contribution in [0.2, 0.25) is 0 Å². The van der Waals surface area contributed by atoms with E-state index < -0.39 is 0 Å². The van der Waals surface area contributed by atoms with Crippen LogP contribution in [0, 0.1) is 13.8 Å². The van der Waals surface area contributed by atoms with Crippen molar-refractivity contribution in [2.45, 2.75) is 40.3 Å². The molecule has 0 atom stereocenters. The molecule has 0 unspecified atom stereocenters. The average molecular weight is 374 g/mol. The molecule has 3 N–H and O–H groups in total. The number of hydrogen-bond donors (Lipinski definition) is 3. The predicted octanol–water partition coefficient (Wildman–Crippen LogP) is 2.76. The van der Waals surface area contributed by atoms with Crippen molar-refractivity contribution in [2.24, 2.45) is 4.99 Å². The zero-order valence-electron chi connectivity index (χ0n) is 15.8. The van der Waals surface area contributed by atoms with E-state index in [-0.39, 0.29) is 5.91 Å². The third kappa shape index (κ3) is 5.84. The molecule has 0 aliphatic rings. The first-order chi connectivity index (χ1) is 12.5. The Labute approximate surface area is 159 Å². The zero-order chi connectivity index (χ0) is 18.9. The number of aromatic nitrogens is 1. The smallest absolute Gasteiger partial charge is 0.251 e. The Kier molecular flexibility index (Phi) is 7.59. The van der Waals surface area contributed by atoms with Gasteiger partial charge in [0, 0.05) is 30.6 Å². The van der Waals surface area contributed by atoms with E-state index >= 15 is 0 Å². The molecular formula is C19H27N5OS. The highest BCUT2D eigenvalue weighted by Crippen LogP contribution is 2.16. The number of nitrogens with zero attached hydrogens (tertiary/aromatic N) is 2. The largest absolute Gasteiger partial charge is 0.352 e. The molecule has 1 aromatic carbocycles. The quantitative estimate of drug-likeness (QED) is 0.515. The summed E-state index contributed by atoms with van der Waals surface area (Å²) in [5.74, 6) is 0.684. The highest BCUT2D eigenvalue weighted by atomic mass is 32.1. The number of benzene rings is 1. The molecule has 0 aliphatic carbocycles. The number of rotatable bonds is 7. The van der Waals surface area contributed by atoms with Gasteiger partial charge in [0.05, 0.1) is 17.2 Å². The van der Waals surface area contributed by atoms with E-state index in [0.717, 1.165) is 28.6 Å². The maximum atomic E-state index is 12.1. The van der Waals surface area contributed by atoms with E-state index in [9.17, 15) is 4.79 Å². The van der Waals surface area contributed by atoms with Crippen LogP contribution in [0.25, 0.3) is 0 Å². The van der Waals surface area contributed by atoms with Crippen LogP contribution < -0.4 is 16.0 Å². The van der Waals surface area contributed by atoms with Gasteiger partial charge >= 0.3 is 0 Å². The maximum absolute atomic E-state index is 12.1. The van der Waals surface area contributed by atoms with Crippen molar-refractivity contribution in [3.05, 3.63) is 51.0 Å². The Morgan fingerprint density at radius 1 is 1.19 bits per heavy atom. The van der Waals surface area contributed by atoms with Gasteiger partial charge in [0.25, 0.3) is 5.91 Å². The van der Waals surface area contributed by atoms with Crippen LogP contribution in [-0.2, 0) is 13.1 Å². The van der Waals surface area contributed by atoms with E-state index in [1.54, 1.807) is 18.4 Å². The first kappa shape index (κ1) is 19.9. The predicted molar refractivity (Wildman–Crippen MR) is 108 cm³/mol. The summed E-state index contributed by atoms with van der Waals surface area (Å²) in [4.78, 5) is 22.0. The normalized spacial score (nSPS) is 11.3. The molecule has 26 heavy (non-hydrogen) atoms. The molecule has 0 spiro atoms. The molecule has 2 rings (SSSR count). The minimum absolute atomic E-state index is 0.0350. The molecule has 1 aromatic heterocycles. The van der Waals surface area contributed by atoms with Crippen LogP contribution in [0.5, 0.6) is 0 Å². The van der Waals surface area contributed by atoms with Crippen molar-refractivity contribution in [3.63, 3.8) is 0 Å². The lowest BCUT2D eigenvalue weighted by Gasteiger charge is -2.12. The van der Waals surface area contributed by atoms with Gasteiger partial charge in [-0.1, -0.05) is 19.1 Å². The molecule has 140 valence electrons. The first-order valence-electron chi connectivity index (χ1n) is 8.78. The maximum Gasteiger partial charge on any atom is 0.251 e. The Morgan fingerprint density at radius 3 is 2.62 bits per heavy atom. The van der Waals surface area contributed by atoms with Gasteiger partial charge in [-0.05, 0) is 38.0 Å². The number of aliphatic imine (C=N–C) groups is 1. The van der Waals surface area contributed by atoms with Crippen molar-refractivity contribution in [3.8, 4) is 0 Å². The number of thiazole rings is 1. The number of aryl methyl sites for hydroxylation is 2. The number of carbonyl (C=O) groups excluding carboxylic acids is 1. The fraction of sp³-hybridized carbons (Fsp3) is 0.421. The van der Waals surface area contributed by atoms with Gasteiger partial charge in [-0.15, -0.1) is 11.3 Å². The topological polar surface area (TPSA) is 78.4 Å². The Bertz CT molecular complexity index is 769. The van der Waals surface area contributed by atoms with Gasteiger partial charge in [0.2, 0.25) is 0 Å². The first-order valence-corrected chi connectivity index (χ1v) is 9.59. The van der Waals surface area contributed by atoms with Crippen LogP contribution in [0.15, 0.2) is 29.3 Å². The fourth-order valence-corrected chi connectivity index (χ4v) is 3.35. The molecule has 7 heteroatoms. The average Bonchev–Trinajstić information content (AvgIpc) is 2.97. The molecule has 1 amide bonds. The lowest BCUT2D eigenvalue weighted by atomic mass is 10.1. The van der Waals surface area contributed by atoms with Crippen molar-refractivity contribution >= 4 is 23.2 Å². The summed E-state index contributed by atoms with van der Waals surface area (Å²) in [6.07, 6.45) is 0.924. The monoisotopic (exact) mass is 373 g/mol. The Morgan fingerprint density at radius 2 is 1.96 bits per heavy atom. The van der Waals surface area contributed by atoms with Gasteiger partial charge in [-0.25, -0.2) is 4.98 Å². The molecule has 0 fully saturated rings.